The Bertz CT molecular complexity index is 523. The molecule has 0 spiro atoms. The maximum absolute atomic E-state index is 13.0. The van der Waals surface area contributed by atoms with Crippen molar-refractivity contribution in [3.05, 3.63) is 35.4 Å². The third kappa shape index (κ3) is 5.11. The van der Waals surface area contributed by atoms with E-state index in [9.17, 15) is 18.4 Å². The van der Waals surface area contributed by atoms with Crippen LogP contribution in [0, 0.1) is 17.6 Å². The number of halogens is 2. The average Bonchev–Trinajstić information content (AvgIpc) is 2.46. The van der Waals surface area contributed by atoms with Gasteiger partial charge >= 0.3 is 0 Å². The molecule has 1 aromatic rings. The van der Waals surface area contributed by atoms with Crippen LogP contribution >= 0.6 is 0 Å². The van der Waals surface area contributed by atoms with Gasteiger partial charge in [0.1, 0.15) is 0 Å². The van der Waals surface area contributed by atoms with Crippen molar-refractivity contribution in [2.75, 3.05) is 13.2 Å². The molecule has 0 saturated heterocycles. The highest BCUT2D eigenvalue weighted by atomic mass is 19.2. The van der Waals surface area contributed by atoms with E-state index in [-0.39, 0.29) is 30.7 Å². The van der Waals surface area contributed by atoms with Crippen molar-refractivity contribution < 1.29 is 23.5 Å². The Balaban J connectivity index is 2.49. The Morgan fingerprint density at radius 2 is 1.90 bits per heavy atom. The summed E-state index contributed by atoms with van der Waals surface area (Å²) in [5.41, 5.74) is -0.0709. The van der Waals surface area contributed by atoms with Crippen LogP contribution in [0.1, 0.15) is 24.2 Å². The first-order chi connectivity index (χ1) is 9.85. The van der Waals surface area contributed by atoms with Gasteiger partial charge in [-0.2, -0.15) is 0 Å². The van der Waals surface area contributed by atoms with Crippen molar-refractivity contribution >= 4 is 11.8 Å². The number of carbonyl (C=O) groups excluding carboxylic acids is 2. The smallest absolute Gasteiger partial charge is 0.251 e. The molecule has 0 aliphatic rings. The Hall–Kier alpha value is -2.02. The van der Waals surface area contributed by atoms with E-state index in [2.05, 4.69) is 10.6 Å². The monoisotopic (exact) mass is 300 g/mol. The van der Waals surface area contributed by atoms with Crippen LogP contribution in [0.4, 0.5) is 8.78 Å². The molecule has 2 amide bonds. The lowest BCUT2D eigenvalue weighted by Crippen LogP contribution is -2.43. The summed E-state index contributed by atoms with van der Waals surface area (Å²) >= 11 is 0. The molecule has 0 heterocycles. The third-order valence-corrected chi connectivity index (χ3v) is 3.12. The average molecular weight is 300 g/mol. The van der Waals surface area contributed by atoms with Gasteiger partial charge in [0, 0.05) is 18.2 Å². The Labute approximate surface area is 121 Å². The predicted molar refractivity (Wildman–Crippen MR) is 72.5 cm³/mol. The first kappa shape index (κ1) is 17.0. The molecule has 0 radical (unpaired) electrons. The second kappa shape index (κ2) is 7.68. The lowest BCUT2D eigenvalue weighted by molar-refractivity contribution is -0.121. The molecule has 0 bridgehead atoms. The largest absolute Gasteiger partial charge is 0.396 e. The summed E-state index contributed by atoms with van der Waals surface area (Å²) in [5, 5.41) is 13.9. The third-order valence-electron chi connectivity index (χ3n) is 3.12. The topological polar surface area (TPSA) is 78.4 Å². The van der Waals surface area contributed by atoms with Gasteiger partial charge in [-0.05, 0) is 31.0 Å². The number of amides is 2. The van der Waals surface area contributed by atoms with Gasteiger partial charge in [0.25, 0.3) is 5.91 Å². The molecule has 5 nitrogen and oxygen atoms in total. The van der Waals surface area contributed by atoms with Crippen LogP contribution in [0.3, 0.4) is 0 Å². The van der Waals surface area contributed by atoms with Gasteiger partial charge in [-0.1, -0.05) is 6.92 Å². The maximum atomic E-state index is 13.0. The molecule has 0 saturated carbocycles. The molecule has 2 unspecified atom stereocenters. The molecule has 1 aromatic carbocycles. The zero-order chi connectivity index (χ0) is 16.0. The summed E-state index contributed by atoms with van der Waals surface area (Å²) in [6.07, 6.45) is 0. The zero-order valence-electron chi connectivity index (χ0n) is 11.8. The van der Waals surface area contributed by atoms with Crippen LogP contribution < -0.4 is 10.6 Å². The van der Waals surface area contributed by atoms with E-state index in [0.717, 1.165) is 18.2 Å². The number of nitrogens with one attached hydrogen (secondary N) is 2. The van der Waals surface area contributed by atoms with Crippen molar-refractivity contribution in [1.82, 2.24) is 10.6 Å². The molecule has 0 aliphatic heterocycles. The standard InChI is InChI=1S/C14H18F2N2O3/c1-8(7-19)9(2)18-13(20)6-17-14(21)10-3-4-11(15)12(16)5-10/h3-5,8-9,19H,6-7H2,1-2H3,(H,17,21)(H,18,20). The Morgan fingerprint density at radius 3 is 2.48 bits per heavy atom. The lowest BCUT2D eigenvalue weighted by atomic mass is 10.1. The maximum Gasteiger partial charge on any atom is 0.251 e. The fourth-order valence-corrected chi connectivity index (χ4v) is 1.51. The van der Waals surface area contributed by atoms with Gasteiger partial charge in [-0.3, -0.25) is 9.59 Å². The highest BCUT2D eigenvalue weighted by Gasteiger charge is 2.15. The summed E-state index contributed by atoms with van der Waals surface area (Å²) in [5.74, 6) is -3.39. The van der Waals surface area contributed by atoms with Crippen LogP contribution in [0.25, 0.3) is 0 Å². The minimum atomic E-state index is -1.13. The van der Waals surface area contributed by atoms with E-state index in [0.29, 0.717) is 0 Å². The molecule has 7 heteroatoms. The van der Waals surface area contributed by atoms with Gasteiger partial charge in [-0.15, -0.1) is 0 Å². The molecular weight excluding hydrogens is 282 g/mol. The van der Waals surface area contributed by atoms with Crippen LogP contribution in [-0.4, -0.2) is 36.1 Å². The second-order valence-corrected chi connectivity index (χ2v) is 4.83. The molecule has 3 N–H and O–H groups in total. The van der Waals surface area contributed by atoms with Crippen molar-refractivity contribution in [3.63, 3.8) is 0 Å². The Morgan fingerprint density at radius 1 is 1.24 bits per heavy atom. The quantitative estimate of drug-likeness (QED) is 0.728. The summed E-state index contributed by atoms with van der Waals surface area (Å²) < 4.78 is 25.7. The number of aliphatic hydroxyl groups is 1. The van der Waals surface area contributed by atoms with Crippen LogP contribution in [0.2, 0.25) is 0 Å². The number of carbonyl (C=O) groups is 2. The first-order valence-corrected chi connectivity index (χ1v) is 6.48. The van der Waals surface area contributed by atoms with Gasteiger partial charge in [-0.25, -0.2) is 8.78 Å². The summed E-state index contributed by atoms with van der Waals surface area (Å²) in [4.78, 5) is 23.3. The minimum absolute atomic E-state index is 0.0668. The molecule has 21 heavy (non-hydrogen) atoms. The minimum Gasteiger partial charge on any atom is -0.396 e. The molecule has 0 aromatic heterocycles. The SMILES string of the molecule is CC(CO)C(C)NC(=O)CNC(=O)c1ccc(F)c(F)c1. The van der Waals surface area contributed by atoms with E-state index in [1.807, 2.05) is 0 Å². The van der Waals surface area contributed by atoms with E-state index in [1.165, 1.54) is 0 Å². The predicted octanol–water partition coefficient (Wildman–Crippen LogP) is 0.828. The van der Waals surface area contributed by atoms with E-state index >= 15 is 0 Å². The molecule has 2 atom stereocenters. The van der Waals surface area contributed by atoms with Gasteiger partial charge in [0.05, 0.1) is 6.54 Å². The van der Waals surface area contributed by atoms with Crippen molar-refractivity contribution in [1.29, 1.82) is 0 Å². The molecule has 1 rings (SSSR count). The lowest BCUT2D eigenvalue weighted by Gasteiger charge is -2.19. The van der Waals surface area contributed by atoms with Crippen molar-refractivity contribution in [2.45, 2.75) is 19.9 Å². The van der Waals surface area contributed by atoms with Gasteiger partial charge in [0.2, 0.25) is 5.91 Å². The fraction of sp³-hybridized carbons (Fsp3) is 0.429. The molecule has 116 valence electrons. The van der Waals surface area contributed by atoms with E-state index in [1.54, 1.807) is 13.8 Å². The summed E-state index contributed by atoms with van der Waals surface area (Å²) in [6, 6.07) is 2.49. The first-order valence-electron chi connectivity index (χ1n) is 6.48. The molecule has 0 aliphatic carbocycles. The van der Waals surface area contributed by atoms with Gasteiger partial charge in [0.15, 0.2) is 11.6 Å². The van der Waals surface area contributed by atoms with E-state index < -0.39 is 23.4 Å². The normalized spacial score (nSPS) is 13.4. The number of hydrogen-bond donors (Lipinski definition) is 3. The van der Waals surface area contributed by atoms with E-state index in [4.69, 9.17) is 5.11 Å². The van der Waals surface area contributed by atoms with Crippen LogP contribution in [0.15, 0.2) is 18.2 Å². The summed E-state index contributed by atoms with van der Waals surface area (Å²) in [7, 11) is 0. The van der Waals surface area contributed by atoms with Crippen LogP contribution in [0.5, 0.6) is 0 Å². The van der Waals surface area contributed by atoms with Crippen LogP contribution in [-0.2, 0) is 4.79 Å². The summed E-state index contributed by atoms with van der Waals surface area (Å²) in [6.45, 7) is 3.14. The number of aliphatic hydroxyl groups excluding tert-OH is 1. The van der Waals surface area contributed by atoms with Gasteiger partial charge < -0.3 is 15.7 Å². The highest BCUT2D eigenvalue weighted by Crippen LogP contribution is 2.08. The number of benzene rings is 1. The molecule has 0 fully saturated rings. The highest BCUT2D eigenvalue weighted by molar-refractivity contribution is 5.96. The Kier molecular flexibility index (Phi) is 6.23. The van der Waals surface area contributed by atoms with Crippen molar-refractivity contribution in [3.8, 4) is 0 Å². The second-order valence-electron chi connectivity index (χ2n) is 4.83. The molecular formula is C14H18F2N2O3. The zero-order valence-corrected chi connectivity index (χ0v) is 11.8. The fourth-order valence-electron chi connectivity index (χ4n) is 1.51. The number of hydrogen-bond acceptors (Lipinski definition) is 3. The number of rotatable bonds is 6. The van der Waals surface area contributed by atoms with Crippen molar-refractivity contribution in [2.24, 2.45) is 5.92 Å².